The molecule has 1 aromatic heterocycles. The smallest absolute Gasteiger partial charge is 0.128 e. The number of nitrogen functional groups attached to an aromatic ring is 1. The van der Waals surface area contributed by atoms with Crippen molar-refractivity contribution in [2.75, 3.05) is 31.9 Å². The zero-order valence-electron chi connectivity index (χ0n) is 12.4. The van der Waals surface area contributed by atoms with Gasteiger partial charge in [-0.25, -0.2) is 4.98 Å². The molecule has 0 bridgehead atoms. The second-order valence-electron chi connectivity index (χ2n) is 6.03. The summed E-state index contributed by atoms with van der Waals surface area (Å²) in [4.78, 5) is 6.76. The Balaban J connectivity index is 0.00000180. The minimum absolute atomic E-state index is 0. The third kappa shape index (κ3) is 4.48. The van der Waals surface area contributed by atoms with Crippen LogP contribution in [0.15, 0.2) is 18.3 Å². The number of pyridine rings is 1. The Morgan fingerprint density at radius 1 is 1.25 bits per heavy atom. The zero-order chi connectivity index (χ0) is 13.2. The van der Waals surface area contributed by atoms with Gasteiger partial charge in [0, 0.05) is 44.0 Å². The number of hydrogen-bond donors (Lipinski definition) is 2. The Hall–Kier alpha value is -0.550. The van der Waals surface area contributed by atoms with Crippen molar-refractivity contribution in [1.29, 1.82) is 0 Å². The van der Waals surface area contributed by atoms with Crippen LogP contribution < -0.4 is 11.1 Å². The minimum Gasteiger partial charge on any atom is -0.383 e. The lowest BCUT2D eigenvalue weighted by Gasteiger charge is -2.42. The maximum absolute atomic E-state index is 6.07. The third-order valence-electron chi connectivity index (χ3n) is 3.50. The molecule has 1 atom stereocenters. The van der Waals surface area contributed by atoms with Crippen LogP contribution in [0, 0.1) is 5.41 Å². The van der Waals surface area contributed by atoms with Crippen LogP contribution in [0.25, 0.3) is 0 Å². The number of piperazine rings is 1. The summed E-state index contributed by atoms with van der Waals surface area (Å²) in [6, 6.07) is 4.42. The predicted molar refractivity (Wildman–Crippen MR) is 89.8 cm³/mol. The molecule has 1 aromatic rings. The molecule has 1 fully saturated rings. The van der Waals surface area contributed by atoms with Gasteiger partial charge in [0.1, 0.15) is 5.82 Å². The Morgan fingerprint density at radius 3 is 2.35 bits per heavy atom. The molecule has 0 aliphatic carbocycles. The summed E-state index contributed by atoms with van der Waals surface area (Å²) in [6.45, 7) is 11.0. The number of aromatic nitrogens is 1. The highest BCUT2D eigenvalue weighted by molar-refractivity contribution is 5.85. The Bertz CT molecular complexity index is 400. The highest BCUT2D eigenvalue weighted by Crippen LogP contribution is 2.39. The van der Waals surface area contributed by atoms with Crippen LogP contribution in [-0.2, 0) is 0 Å². The number of halogens is 2. The lowest BCUT2D eigenvalue weighted by molar-refractivity contribution is 0.0865. The molecule has 6 heteroatoms. The van der Waals surface area contributed by atoms with Crippen LogP contribution in [0.4, 0.5) is 5.82 Å². The molecule has 0 radical (unpaired) electrons. The maximum Gasteiger partial charge on any atom is 0.128 e. The van der Waals surface area contributed by atoms with Crippen LogP contribution in [0.5, 0.6) is 0 Å². The third-order valence-corrected chi connectivity index (χ3v) is 3.50. The van der Waals surface area contributed by atoms with E-state index in [1.54, 1.807) is 6.20 Å². The van der Waals surface area contributed by atoms with Crippen molar-refractivity contribution in [2.45, 2.75) is 26.8 Å². The molecule has 0 spiro atoms. The van der Waals surface area contributed by atoms with Crippen molar-refractivity contribution in [2.24, 2.45) is 5.41 Å². The van der Waals surface area contributed by atoms with E-state index in [1.807, 2.05) is 6.07 Å². The van der Waals surface area contributed by atoms with Crippen molar-refractivity contribution in [1.82, 2.24) is 15.2 Å². The lowest BCUT2D eigenvalue weighted by Crippen LogP contribution is -2.48. The standard InChI is InChI=1S/C14H24N4.2ClH/c1-14(2,3)12(18-9-7-16-8-10-18)11-5-4-6-17-13(11)15;;/h4-6,12,16H,7-10H2,1-3H3,(H2,15,17);2*1H/t12-;;/m1../s1. The van der Waals surface area contributed by atoms with Gasteiger partial charge in [-0.2, -0.15) is 0 Å². The van der Waals surface area contributed by atoms with Gasteiger partial charge in [0.15, 0.2) is 0 Å². The molecule has 1 aliphatic heterocycles. The first-order valence-electron chi connectivity index (χ1n) is 6.65. The van der Waals surface area contributed by atoms with E-state index in [1.165, 1.54) is 0 Å². The molecular weight excluding hydrogens is 295 g/mol. The van der Waals surface area contributed by atoms with Gasteiger partial charge in [-0.15, -0.1) is 24.8 Å². The second kappa shape index (κ2) is 8.03. The quantitative estimate of drug-likeness (QED) is 0.879. The van der Waals surface area contributed by atoms with Crippen molar-refractivity contribution >= 4 is 30.6 Å². The fourth-order valence-electron chi connectivity index (χ4n) is 2.81. The van der Waals surface area contributed by atoms with E-state index in [4.69, 9.17) is 5.73 Å². The highest BCUT2D eigenvalue weighted by atomic mass is 35.5. The molecule has 2 heterocycles. The van der Waals surface area contributed by atoms with Crippen LogP contribution in [0.2, 0.25) is 0 Å². The van der Waals surface area contributed by atoms with Crippen molar-refractivity contribution in [3.05, 3.63) is 23.9 Å². The molecule has 116 valence electrons. The monoisotopic (exact) mass is 320 g/mol. The van der Waals surface area contributed by atoms with Gasteiger partial charge in [0.2, 0.25) is 0 Å². The van der Waals surface area contributed by atoms with E-state index < -0.39 is 0 Å². The summed E-state index contributed by atoms with van der Waals surface area (Å²) in [5.74, 6) is 0.663. The zero-order valence-corrected chi connectivity index (χ0v) is 14.1. The average molecular weight is 321 g/mol. The normalized spacial score (nSPS) is 17.8. The molecule has 1 aliphatic rings. The average Bonchev–Trinajstić information content (AvgIpc) is 2.32. The summed E-state index contributed by atoms with van der Waals surface area (Å²) < 4.78 is 0. The largest absolute Gasteiger partial charge is 0.383 e. The fraction of sp³-hybridized carbons (Fsp3) is 0.643. The summed E-state index contributed by atoms with van der Waals surface area (Å²) >= 11 is 0. The van der Waals surface area contributed by atoms with Crippen LogP contribution in [-0.4, -0.2) is 36.1 Å². The number of nitrogens with zero attached hydrogens (tertiary/aromatic N) is 2. The Morgan fingerprint density at radius 2 is 1.85 bits per heavy atom. The number of nitrogens with one attached hydrogen (secondary N) is 1. The van der Waals surface area contributed by atoms with E-state index in [9.17, 15) is 0 Å². The fourth-order valence-corrected chi connectivity index (χ4v) is 2.81. The van der Waals surface area contributed by atoms with Crippen molar-refractivity contribution in [3.8, 4) is 0 Å². The second-order valence-corrected chi connectivity index (χ2v) is 6.03. The molecule has 20 heavy (non-hydrogen) atoms. The van der Waals surface area contributed by atoms with Gasteiger partial charge in [-0.3, -0.25) is 4.90 Å². The highest BCUT2D eigenvalue weighted by Gasteiger charge is 2.33. The van der Waals surface area contributed by atoms with Gasteiger partial charge < -0.3 is 11.1 Å². The van der Waals surface area contributed by atoms with Gasteiger partial charge in [-0.05, 0) is 11.5 Å². The van der Waals surface area contributed by atoms with Crippen LogP contribution in [0.3, 0.4) is 0 Å². The summed E-state index contributed by atoms with van der Waals surface area (Å²) in [7, 11) is 0. The lowest BCUT2D eigenvalue weighted by atomic mass is 9.81. The SMILES string of the molecule is CC(C)(C)[C@@H](c1cccnc1N)N1CCNCC1.Cl.Cl. The van der Waals surface area contributed by atoms with Gasteiger partial charge >= 0.3 is 0 Å². The molecule has 4 nitrogen and oxygen atoms in total. The van der Waals surface area contributed by atoms with Gasteiger partial charge in [0.05, 0.1) is 0 Å². The van der Waals surface area contributed by atoms with E-state index >= 15 is 0 Å². The van der Waals surface area contributed by atoms with Crippen LogP contribution >= 0.6 is 24.8 Å². The van der Waals surface area contributed by atoms with E-state index in [2.05, 4.69) is 42.0 Å². The van der Waals surface area contributed by atoms with Gasteiger partial charge in [0.25, 0.3) is 0 Å². The van der Waals surface area contributed by atoms with E-state index in [-0.39, 0.29) is 30.2 Å². The first-order valence-corrected chi connectivity index (χ1v) is 6.65. The molecule has 3 N–H and O–H groups in total. The number of rotatable bonds is 2. The Labute approximate surface area is 134 Å². The molecule has 0 amide bonds. The van der Waals surface area contributed by atoms with Gasteiger partial charge in [-0.1, -0.05) is 26.8 Å². The maximum atomic E-state index is 6.07. The van der Waals surface area contributed by atoms with E-state index in [0.29, 0.717) is 11.9 Å². The number of anilines is 1. The number of hydrogen-bond acceptors (Lipinski definition) is 4. The predicted octanol–water partition coefficient (Wildman–Crippen LogP) is 2.50. The van der Waals surface area contributed by atoms with Crippen molar-refractivity contribution in [3.63, 3.8) is 0 Å². The first kappa shape index (κ1) is 19.4. The molecule has 0 unspecified atom stereocenters. The molecule has 1 saturated heterocycles. The first-order chi connectivity index (χ1) is 8.50. The number of nitrogens with two attached hydrogens (primary N) is 1. The molecule has 0 aromatic carbocycles. The van der Waals surface area contributed by atoms with Crippen molar-refractivity contribution < 1.29 is 0 Å². The summed E-state index contributed by atoms with van der Waals surface area (Å²) in [5, 5.41) is 3.40. The summed E-state index contributed by atoms with van der Waals surface area (Å²) in [5.41, 5.74) is 7.38. The van der Waals surface area contributed by atoms with Crippen LogP contribution in [0.1, 0.15) is 32.4 Å². The minimum atomic E-state index is 0. The molecule has 2 rings (SSSR count). The summed E-state index contributed by atoms with van der Waals surface area (Å²) in [6.07, 6.45) is 1.76. The molecular formula is C14H26Cl2N4. The topological polar surface area (TPSA) is 54.2 Å². The van der Waals surface area contributed by atoms with E-state index in [0.717, 1.165) is 31.7 Å². The molecule has 0 saturated carbocycles. The Kier molecular flexibility index (Phi) is 7.81.